The standard InChI is InChI=1S/C20H34N4O4SSi/c1-20(2,3)30(4,5)28-15-11-7-10-14-18(25)16-29(26,27)19-21-22-23-24(19)17-12-8-6-9-13-17/h6,8-9,12-13,18,25H,7,10-11,14-16H2,1-5H3/t18-/m1/s1. The first-order valence-electron chi connectivity index (χ1n) is 10.3. The summed E-state index contributed by atoms with van der Waals surface area (Å²) < 4.78 is 32.7. The van der Waals surface area contributed by atoms with E-state index in [0.717, 1.165) is 19.3 Å². The normalized spacial score (nSPS) is 14.1. The number of unbranched alkanes of at least 4 members (excludes halogenated alkanes) is 2. The third-order valence-electron chi connectivity index (χ3n) is 5.58. The number of hydrogen-bond donors (Lipinski definition) is 1. The van der Waals surface area contributed by atoms with Gasteiger partial charge in [-0.15, -0.1) is 0 Å². The fourth-order valence-electron chi connectivity index (χ4n) is 2.72. The Hall–Kier alpha value is -1.62. The van der Waals surface area contributed by atoms with Gasteiger partial charge in [0.25, 0.3) is 5.16 Å². The Balaban J connectivity index is 1.80. The summed E-state index contributed by atoms with van der Waals surface area (Å²) in [5, 5.41) is 21.1. The lowest BCUT2D eigenvalue weighted by Crippen LogP contribution is -2.40. The summed E-state index contributed by atoms with van der Waals surface area (Å²) >= 11 is 0. The van der Waals surface area contributed by atoms with Crippen LogP contribution < -0.4 is 0 Å². The Morgan fingerprint density at radius 2 is 1.80 bits per heavy atom. The smallest absolute Gasteiger partial charge is 0.272 e. The molecule has 0 aliphatic heterocycles. The van der Waals surface area contributed by atoms with E-state index in [1.54, 1.807) is 24.3 Å². The van der Waals surface area contributed by atoms with E-state index in [2.05, 4.69) is 49.4 Å². The monoisotopic (exact) mass is 454 g/mol. The summed E-state index contributed by atoms with van der Waals surface area (Å²) in [6.07, 6.45) is 1.97. The lowest BCUT2D eigenvalue weighted by Gasteiger charge is -2.36. The second-order valence-electron chi connectivity index (χ2n) is 9.10. The lowest BCUT2D eigenvalue weighted by molar-refractivity contribution is 0.180. The van der Waals surface area contributed by atoms with E-state index in [9.17, 15) is 13.5 Å². The van der Waals surface area contributed by atoms with Gasteiger partial charge in [0.15, 0.2) is 8.32 Å². The molecule has 30 heavy (non-hydrogen) atoms. The first-order chi connectivity index (χ1) is 13.9. The fraction of sp³-hybridized carbons (Fsp3) is 0.650. The van der Waals surface area contributed by atoms with Gasteiger partial charge in [0, 0.05) is 6.61 Å². The minimum atomic E-state index is -3.82. The van der Waals surface area contributed by atoms with Crippen molar-refractivity contribution in [1.29, 1.82) is 0 Å². The molecule has 0 aliphatic rings. The number of hydrogen-bond acceptors (Lipinski definition) is 7. The molecule has 2 aromatic rings. The molecular formula is C20H34N4O4SSi. The Morgan fingerprint density at radius 3 is 2.43 bits per heavy atom. The third-order valence-corrected chi connectivity index (χ3v) is 11.8. The number of para-hydroxylation sites is 1. The van der Waals surface area contributed by atoms with Gasteiger partial charge in [-0.1, -0.05) is 56.9 Å². The summed E-state index contributed by atoms with van der Waals surface area (Å²) in [5.74, 6) is -0.402. The van der Waals surface area contributed by atoms with Crippen LogP contribution in [0.15, 0.2) is 35.5 Å². The van der Waals surface area contributed by atoms with Crippen LogP contribution in [-0.4, -0.2) is 60.5 Å². The number of sulfone groups is 1. The second kappa shape index (κ2) is 10.1. The number of aromatic nitrogens is 4. The Morgan fingerprint density at radius 1 is 1.13 bits per heavy atom. The highest BCUT2D eigenvalue weighted by Crippen LogP contribution is 2.36. The molecule has 2 rings (SSSR count). The molecule has 1 atom stereocenters. The van der Waals surface area contributed by atoms with Crippen LogP contribution in [0.25, 0.3) is 5.69 Å². The molecule has 1 aromatic heterocycles. The molecule has 1 N–H and O–H groups in total. The second-order valence-corrected chi connectivity index (χ2v) is 15.8. The topological polar surface area (TPSA) is 107 Å². The lowest BCUT2D eigenvalue weighted by atomic mass is 10.1. The molecule has 0 saturated heterocycles. The zero-order valence-electron chi connectivity index (χ0n) is 18.6. The highest BCUT2D eigenvalue weighted by Gasteiger charge is 2.36. The van der Waals surface area contributed by atoms with Crippen LogP contribution >= 0.6 is 0 Å². The molecule has 0 unspecified atom stereocenters. The van der Waals surface area contributed by atoms with E-state index in [1.165, 1.54) is 4.68 Å². The van der Waals surface area contributed by atoms with E-state index >= 15 is 0 Å². The minimum absolute atomic E-state index is 0.187. The number of benzene rings is 1. The van der Waals surface area contributed by atoms with Gasteiger partial charge in [0.05, 0.1) is 17.5 Å². The highest BCUT2D eigenvalue weighted by molar-refractivity contribution is 7.91. The first kappa shape index (κ1) is 24.6. The van der Waals surface area contributed by atoms with Crippen molar-refractivity contribution in [2.24, 2.45) is 0 Å². The zero-order chi connectivity index (χ0) is 22.4. The Labute approximate surface area is 180 Å². The van der Waals surface area contributed by atoms with E-state index in [-0.39, 0.29) is 10.2 Å². The minimum Gasteiger partial charge on any atom is -0.417 e. The van der Waals surface area contributed by atoms with Crippen LogP contribution in [0.1, 0.15) is 46.5 Å². The van der Waals surface area contributed by atoms with Crippen molar-refractivity contribution in [1.82, 2.24) is 20.2 Å². The number of rotatable bonds is 11. The van der Waals surface area contributed by atoms with E-state index < -0.39 is 30.0 Å². The maximum absolute atomic E-state index is 12.7. The van der Waals surface area contributed by atoms with Gasteiger partial charge in [-0.2, -0.15) is 4.68 Å². The predicted molar refractivity (Wildman–Crippen MR) is 119 cm³/mol. The van der Waals surface area contributed by atoms with Crippen LogP contribution in [-0.2, 0) is 14.3 Å². The number of tetrazole rings is 1. The van der Waals surface area contributed by atoms with Gasteiger partial charge in [-0.3, -0.25) is 0 Å². The zero-order valence-corrected chi connectivity index (χ0v) is 20.4. The molecule has 1 heterocycles. The molecule has 10 heteroatoms. The van der Waals surface area contributed by atoms with Crippen molar-refractivity contribution in [2.45, 2.75) is 75.8 Å². The summed E-state index contributed by atoms with van der Waals surface area (Å²) in [6.45, 7) is 11.8. The van der Waals surface area contributed by atoms with Crippen LogP contribution in [0.4, 0.5) is 0 Å². The highest BCUT2D eigenvalue weighted by atomic mass is 32.2. The van der Waals surface area contributed by atoms with Crippen molar-refractivity contribution < 1.29 is 18.0 Å². The van der Waals surface area contributed by atoms with Gasteiger partial charge in [0.1, 0.15) is 0 Å². The Kier molecular flexibility index (Phi) is 8.32. The molecule has 8 nitrogen and oxygen atoms in total. The maximum Gasteiger partial charge on any atom is 0.272 e. The molecule has 168 valence electrons. The number of aliphatic hydroxyl groups is 1. The summed E-state index contributed by atoms with van der Waals surface area (Å²) in [7, 11) is -5.55. The van der Waals surface area contributed by atoms with Crippen LogP contribution in [0, 0.1) is 0 Å². The molecule has 0 saturated carbocycles. The summed E-state index contributed by atoms with van der Waals surface area (Å²) in [5.41, 5.74) is 0.553. The summed E-state index contributed by atoms with van der Waals surface area (Å²) in [4.78, 5) is 0. The molecule has 0 spiro atoms. The van der Waals surface area contributed by atoms with Gasteiger partial charge in [-0.05, 0) is 53.5 Å². The summed E-state index contributed by atoms with van der Waals surface area (Å²) in [6, 6.07) is 8.81. The van der Waals surface area contributed by atoms with Gasteiger partial charge >= 0.3 is 0 Å². The fourth-order valence-corrected chi connectivity index (χ4v) is 5.19. The number of nitrogens with zero attached hydrogens (tertiary/aromatic N) is 4. The Bertz CT molecular complexity index is 895. The van der Waals surface area contributed by atoms with Crippen LogP contribution in [0.3, 0.4) is 0 Å². The number of aliphatic hydroxyl groups excluding tert-OH is 1. The molecule has 1 aromatic carbocycles. The van der Waals surface area contributed by atoms with E-state index in [1.807, 2.05) is 6.07 Å². The molecule has 0 radical (unpaired) electrons. The van der Waals surface area contributed by atoms with Crippen molar-refractivity contribution >= 4 is 18.2 Å². The van der Waals surface area contributed by atoms with Gasteiger partial charge < -0.3 is 9.53 Å². The largest absolute Gasteiger partial charge is 0.417 e. The van der Waals surface area contributed by atoms with Gasteiger partial charge in [0.2, 0.25) is 9.84 Å². The van der Waals surface area contributed by atoms with E-state index in [0.29, 0.717) is 18.7 Å². The van der Waals surface area contributed by atoms with Crippen LogP contribution in [0.2, 0.25) is 18.1 Å². The van der Waals surface area contributed by atoms with Crippen molar-refractivity contribution in [3.8, 4) is 5.69 Å². The predicted octanol–water partition coefficient (Wildman–Crippen LogP) is 3.38. The molecule has 0 fully saturated rings. The first-order valence-corrected chi connectivity index (χ1v) is 14.9. The van der Waals surface area contributed by atoms with Crippen molar-refractivity contribution in [3.63, 3.8) is 0 Å². The molecule has 0 aliphatic carbocycles. The average Bonchev–Trinajstić information content (AvgIpc) is 3.15. The van der Waals surface area contributed by atoms with E-state index in [4.69, 9.17) is 4.43 Å². The SMILES string of the molecule is CC(C)(C)[Si](C)(C)OCCCCC[C@@H](O)CS(=O)(=O)c1nnnn1-c1ccccc1. The van der Waals surface area contributed by atoms with Gasteiger partial charge in [-0.25, -0.2) is 8.42 Å². The molecular weight excluding hydrogens is 420 g/mol. The maximum atomic E-state index is 12.7. The quantitative estimate of drug-likeness (QED) is 0.410. The molecule has 0 bridgehead atoms. The van der Waals surface area contributed by atoms with Crippen LogP contribution in [0.5, 0.6) is 0 Å². The molecule has 0 amide bonds. The van der Waals surface area contributed by atoms with Crippen molar-refractivity contribution in [3.05, 3.63) is 30.3 Å². The third kappa shape index (κ3) is 6.69. The van der Waals surface area contributed by atoms with Crippen molar-refractivity contribution in [2.75, 3.05) is 12.4 Å². The average molecular weight is 455 g/mol.